The van der Waals surface area contributed by atoms with Crippen molar-refractivity contribution in [3.05, 3.63) is 90.1 Å². The zero-order chi connectivity index (χ0) is 22.1. The summed E-state index contributed by atoms with van der Waals surface area (Å²) in [6.07, 6.45) is 1.64. The quantitative estimate of drug-likeness (QED) is 0.454. The molecule has 0 radical (unpaired) electrons. The Kier molecular flexibility index (Phi) is 4.82. The first kappa shape index (κ1) is 19.4. The fraction of sp³-hybridized carbons (Fsp3) is 0.0400. The molecule has 0 amide bonds. The first-order valence-corrected chi connectivity index (χ1v) is 9.99. The molecule has 0 saturated carbocycles. The normalized spacial score (nSPS) is 10.9. The lowest BCUT2D eigenvalue weighted by molar-refractivity contribution is 0.282. The van der Waals surface area contributed by atoms with E-state index < -0.39 is 0 Å². The molecular formula is C25H18N6O. The second-order valence-corrected chi connectivity index (χ2v) is 7.26. The Morgan fingerprint density at radius 1 is 0.969 bits per heavy atom. The zero-order valence-corrected chi connectivity index (χ0v) is 17.0. The molecular weight excluding hydrogens is 400 g/mol. The standard InChI is InChI=1S/C25H18N6O/c26-14-17-3-1-4-18(13-17)21-10-11-22-25(29-21)31(19-8-6-16(15-32)7-9-19)24(30-22)20-5-2-12-28-23(20)27/h1-13,32H,15H2,(H2,27,28). The summed E-state index contributed by atoms with van der Waals surface area (Å²) in [5.74, 6) is 0.996. The van der Waals surface area contributed by atoms with Crippen LogP contribution in [0.2, 0.25) is 0 Å². The van der Waals surface area contributed by atoms with Crippen molar-refractivity contribution in [2.45, 2.75) is 6.61 Å². The number of nitrogens with two attached hydrogens (primary N) is 1. The van der Waals surface area contributed by atoms with E-state index in [0.717, 1.165) is 22.5 Å². The average molecular weight is 418 g/mol. The number of pyridine rings is 2. The van der Waals surface area contributed by atoms with Crippen molar-refractivity contribution in [3.8, 4) is 34.4 Å². The van der Waals surface area contributed by atoms with Crippen molar-refractivity contribution in [3.63, 3.8) is 0 Å². The predicted molar refractivity (Wildman–Crippen MR) is 123 cm³/mol. The maximum atomic E-state index is 9.43. The molecule has 0 aliphatic rings. The van der Waals surface area contributed by atoms with Gasteiger partial charge in [0.05, 0.1) is 29.5 Å². The highest BCUT2D eigenvalue weighted by atomic mass is 16.3. The summed E-state index contributed by atoms with van der Waals surface area (Å²) in [4.78, 5) is 13.9. The first-order chi connectivity index (χ1) is 15.7. The molecule has 5 rings (SSSR count). The Morgan fingerprint density at radius 3 is 2.56 bits per heavy atom. The number of benzene rings is 2. The monoisotopic (exact) mass is 418 g/mol. The van der Waals surface area contributed by atoms with E-state index in [-0.39, 0.29) is 6.61 Å². The third-order valence-corrected chi connectivity index (χ3v) is 5.25. The summed E-state index contributed by atoms with van der Waals surface area (Å²) in [5.41, 5.74) is 12.0. The number of nitrogens with zero attached hydrogens (tertiary/aromatic N) is 5. The Bertz CT molecular complexity index is 1480. The second-order valence-electron chi connectivity index (χ2n) is 7.26. The number of hydrogen-bond donors (Lipinski definition) is 2. The van der Waals surface area contributed by atoms with Crippen molar-refractivity contribution in [2.24, 2.45) is 0 Å². The summed E-state index contributed by atoms with van der Waals surface area (Å²) in [6, 6.07) is 24.5. The Labute approximate surface area is 184 Å². The zero-order valence-electron chi connectivity index (χ0n) is 17.0. The van der Waals surface area contributed by atoms with E-state index in [4.69, 9.17) is 15.7 Å². The van der Waals surface area contributed by atoms with Crippen LogP contribution in [0.5, 0.6) is 0 Å². The SMILES string of the molecule is N#Cc1cccc(-c2ccc3nc(-c4cccnc4N)n(-c4ccc(CO)cc4)c3n2)c1. The molecule has 0 spiro atoms. The third-order valence-electron chi connectivity index (χ3n) is 5.25. The fourth-order valence-electron chi connectivity index (χ4n) is 3.65. The molecule has 0 aliphatic heterocycles. The van der Waals surface area contributed by atoms with Gasteiger partial charge in [0.15, 0.2) is 11.5 Å². The molecule has 7 heteroatoms. The van der Waals surface area contributed by atoms with Gasteiger partial charge >= 0.3 is 0 Å². The number of rotatable bonds is 4. The van der Waals surface area contributed by atoms with Crippen LogP contribution in [-0.2, 0) is 6.61 Å². The van der Waals surface area contributed by atoms with Crippen molar-refractivity contribution in [2.75, 3.05) is 5.73 Å². The van der Waals surface area contributed by atoms with Crippen LogP contribution in [0.3, 0.4) is 0 Å². The number of imidazole rings is 1. The lowest BCUT2D eigenvalue weighted by atomic mass is 10.1. The van der Waals surface area contributed by atoms with Crippen molar-refractivity contribution in [1.82, 2.24) is 19.5 Å². The number of aliphatic hydroxyl groups is 1. The number of hydrogen-bond acceptors (Lipinski definition) is 6. The number of fused-ring (bicyclic) bond motifs is 1. The summed E-state index contributed by atoms with van der Waals surface area (Å²) in [5, 5.41) is 18.7. The van der Waals surface area contributed by atoms with Gasteiger partial charge in [-0.05, 0) is 54.1 Å². The predicted octanol–water partition coefficient (Wildman–Crippen LogP) is 4.10. The van der Waals surface area contributed by atoms with Gasteiger partial charge in [0.25, 0.3) is 0 Å². The van der Waals surface area contributed by atoms with Gasteiger partial charge in [-0.2, -0.15) is 5.26 Å². The van der Waals surface area contributed by atoms with Crippen LogP contribution in [0.25, 0.3) is 39.5 Å². The summed E-state index contributed by atoms with van der Waals surface area (Å²) >= 11 is 0. The van der Waals surface area contributed by atoms with E-state index >= 15 is 0 Å². The highest BCUT2D eigenvalue weighted by Crippen LogP contribution is 2.31. The number of nitrogen functional groups attached to an aromatic ring is 1. The Balaban J connectivity index is 1.78. The van der Waals surface area contributed by atoms with Gasteiger partial charge in [-0.25, -0.2) is 15.0 Å². The van der Waals surface area contributed by atoms with Gasteiger partial charge in [-0.15, -0.1) is 0 Å². The van der Waals surface area contributed by atoms with Gasteiger partial charge in [-0.3, -0.25) is 4.57 Å². The Hall–Kier alpha value is -4.54. The van der Waals surface area contributed by atoms with E-state index in [1.807, 2.05) is 71.3 Å². The molecule has 0 fully saturated rings. The first-order valence-electron chi connectivity index (χ1n) is 9.99. The van der Waals surface area contributed by atoms with Crippen LogP contribution in [0.4, 0.5) is 5.82 Å². The molecule has 3 heterocycles. The lowest BCUT2D eigenvalue weighted by Gasteiger charge is -2.11. The molecule has 154 valence electrons. The third kappa shape index (κ3) is 3.35. The van der Waals surface area contributed by atoms with Crippen LogP contribution in [0.1, 0.15) is 11.1 Å². The smallest absolute Gasteiger partial charge is 0.165 e. The number of aliphatic hydroxyl groups excluding tert-OH is 1. The van der Waals surface area contributed by atoms with E-state index in [9.17, 15) is 10.4 Å². The van der Waals surface area contributed by atoms with Crippen LogP contribution in [0.15, 0.2) is 79.0 Å². The van der Waals surface area contributed by atoms with Crippen molar-refractivity contribution >= 4 is 17.0 Å². The van der Waals surface area contributed by atoms with E-state index in [2.05, 4.69) is 11.1 Å². The van der Waals surface area contributed by atoms with Crippen LogP contribution in [-0.4, -0.2) is 24.6 Å². The van der Waals surface area contributed by atoms with Gasteiger partial charge < -0.3 is 10.8 Å². The topological polar surface area (TPSA) is 114 Å². The molecule has 0 atom stereocenters. The highest BCUT2D eigenvalue weighted by molar-refractivity contribution is 5.84. The van der Waals surface area contributed by atoms with Crippen molar-refractivity contribution < 1.29 is 5.11 Å². The number of nitriles is 1. The molecule has 0 aliphatic carbocycles. The van der Waals surface area contributed by atoms with Crippen molar-refractivity contribution in [1.29, 1.82) is 5.26 Å². The minimum atomic E-state index is -0.0367. The minimum absolute atomic E-state index is 0.0367. The number of aromatic nitrogens is 4. The average Bonchev–Trinajstić information content (AvgIpc) is 3.23. The van der Waals surface area contributed by atoms with Gasteiger partial charge in [0.1, 0.15) is 11.3 Å². The molecule has 0 bridgehead atoms. The van der Waals surface area contributed by atoms with E-state index in [1.54, 1.807) is 12.3 Å². The van der Waals surface area contributed by atoms with E-state index in [1.165, 1.54) is 0 Å². The molecule has 0 unspecified atom stereocenters. The minimum Gasteiger partial charge on any atom is -0.392 e. The fourth-order valence-corrected chi connectivity index (χ4v) is 3.65. The maximum absolute atomic E-state index is 9.43. The summed E-state index contributed by atoms with van der Waals surface area (Å²) < 4.78 is 1.93. The summed E-state index contributed by atoms with van der Waals surface area (Å²) in [6.45, 7) is -0.0367. The van der Waals surface area contributed by atoms with Crippen LogP contribution < -0.4 is 5.73 Å². The highest BCUT2D eigenvalue weighted by Gasteiger charge is 2.18. The molecule has 5 aromatic rings. The molecule has 32 heavy (non-hydrogen) atoms. The summed E-state index contributed by atoms with van der Waals surface area (Å²) in [7, 11) is 0. The van der Waals surface area contributed by atoms with Crippen LogP contribution >= 0.6 is 0 Å². The van der Waals surface area contributed by atoms with Gasteiger partial charge in [0, 0.05) is 17.4 Å². The largest absolute Gasteiger partial charge is 0.392 e. The molecule has 0 saturated heterocycles. The molecule has 3 N–H and O–H groups in total. The van der Waals surface area contributed by atoms with Gasteiger partial charge in [0.2, 0.25) is 0 Å². The second kappa shape index (κ2) is 7.95. The molecule has 3 aromatic heterocycles. The maximum Gasteiger partial charge on any atom is 0.165 e. The molecule has 2 aromatic carbocycles. The van der Waals surface area contributed by atoms with E-state index in [0.29, 0.717) is 33.9 Å². The lowest BCUT2D eigenvalue weighted by Crippen LogP contribution is -2.02. The number of anilines is 1. The molecule has 7 nitrogen and oxygen atoms in total. The van der Waals surface area contributed by atoms with Crippen LogP contribution in [0, 0.1) is 11.3 Å². The van der Waals surface area contributed by atoms with Gasteiger partial charge in [-0.1, -0.05) is 24.3 Å². The Morgan fingerprint density at radius 2 is 1.81 bits per heavy atom.